The molecule has 0 atom stereocenters. The zero-order valence-corrected chi connectivity index (χ0v) is 11.9. The lowest BCUT2D eigenvalue weighted by Gasteiger charge is -2.13. The number of hydrogen-bond donors (Lipinski definition) is 1. The van der Waals surface area contributed by atoms with Crippen molar-refractivity contribution in [2.75, 3.05) is 14.2 Å². The number of aromatic nitrogens is 1. The predicted octanol–water partition coefficient (Wildman–Crippen LogP) is 3.07. The van der Waals surface area contributed by atoms with E-state index in [1.807, 2.05) is 13.8 Å². The van der Waals surface area contributed by atoms with Crippen molar-refractivity contribution >= 4 is 16.9 Å². The number of fused-ring (bicyclic) bond motifs is 1. The summed E-state index contributed by atoms with van der Waals surface area (Å²) < 4.78 is 10.4. The summed E-state index contributed by atoms with van der Waals surface area (Å²) in [4.78, 5) is 15.9. The van der Waals surface area contributed by atoms with Gasteiger partial charge >= 0.3 is 5.97 Å². The highest BCUT2D eigenvalue weighted by atomic mass is 16.5. The Hall–Kier alpha value is -2.30. The van der Waals surface area contributed by atoms with Crippen LogP contribution in [0.15, 0.2) is 18.2 Å². The number of carboxylic acid groups (broad SMARTS) is 1. The lowest BCUT2D eigenvalue weighted by atomic mass is 10.0. The molecular weight excluding hydrogens is 258 g/mol. The molecule has 0 saturated heterocycles. The van der Waals surface area contributed by atoms with Crippen LogP contribution in [0.1, 0.15) is 35.8 Å². The van der Waals surface area contributed by atoms with E-state index in [2.05, 4.69) is 4.98 Å². The molecule has 0 spiro atoms. The van der Waals surface area contributed by atoms with Crippen LogP contribution in [0.5, 0.6) is 11.5 Å². The fourth-order valence-corrected chi connectivity index (χ4v) is 2.05. The maximum absolute atomic E-state index is 11.4. The molecule has 0 aliphatic heterocycles. The predicted molar refractivity (Wildman–Crippen MR) is 75.9 cm³/mol. The Bertz CT molecular complexity index is 664. The molecule has 1 heterocycles. The molecule has 0 amide bonds. The Balaban J connectivity index is 2.82. The first-order valence-electron chi connectivity index (χ1n) is 6.28. The van der Waals surface area contributed by atoms with E-state index in [1.54, 1.807) is 18.2 Å². The third-order valence-corrected chi connectivity index (χ3v) is 3.16. The number of carboxylic acids is 1. The number of carbonyl (C=O) groups is 1. The zero-order valence-electron chi connectivity index (χ0n) is 11.9. The van der Waals surface area contributed by atoms with Gasteiger partial charge < -0.3 is 14.6 Å². The Morgan fingerprint density at radius 1 is 1.15 bits per heavy atom. The number of pyridine rings is 1. The monoisotopic (exact) mass is 275 g/mol. The van der Waals surface area contributed by atoms with E-state index in [9.17, 15) is 9.90 Å². The average Bonchev–Trinajstić information content (AvgIpc) is 2.43. The van der Waals surface area contributed by atoms with Gasteiger partial charge in [-0.05, 0) is 18.1 Å². The molecule has 0 radical (unpaired) electrons. The molecule has 1 N–H and O–H groups in total. The summed E-state index contributed by atoms with van der Waals surface area (Å²) in [6.45, 7) is 3.95. The first-order chi connectivity index (χ1) is 9.47. The maximum atomic E-state index is 11.4. The summed E-state index contributed by atoms with van der Waals surface area (Å²) in [5, 5.41) is 9.92. The highest BCUT2D eigenvalue weighted by molar-refractivity contribution is 6.03. The van der Waals surface area contributed by atoms with Crippen molar-refractivity contribution in [1.82, 2.24) is 4.98 Å². The molecule has 20 heavy (non-hydrogen) atoms. The van der Waals surface area contributed by atoms with Crippen molar-refractivity contribution in [1.29, 1.82) is 0 Å². The minimum Gasteiger partial charge on any atom is -0.493 e. The third kappa shape index (κ3) is 2.39. The van der Waals surface area contributed by atoms with E-state index in [-0.39, 0.29) is 11.5 Å². The molecule has 0 aliphatic carbocycles. The van der Waals surface area contributed by atoms with Gasteiger partial charge in [-0.25, -0.2) is 4.79 Å². The van der Waals surface area contributed by atoms with Crippen LogP contribution >= 0.6 is 0 Å². The number of benzene rings is 1. The second-order valence-electron chi connectivity index (χ2n) is 4.78. The van der Waals surface area contributed by atoms with E-state index in [0.717, 1.165) is 5.69 Å². The summed E-state index contributed by atoms with van der Waals surface area (Å²) in [5.41, 5.74) is 1.55. The first-order valence-corrected chi connectivity index (χ1v) is 6.28. The van der Waals surface area contributed by atoms with E-state index in [4.69, 9.17) is 9.47 Å². The minimum atomic E-state index is -0.980. The van der Waals surface area contributed by atoms with Crippen LogP contribution in [-0.4, -0.2) is 30.3 Å². The van der Waals surface area contributed by atoms with Gasteiger partial charge in [-0.15, -0.1) is 0 Å². The quantitative estimate of drug-likeness (QED) is 0.928. The smallest absolute Gasteiger partial charge is 0.336 e. The number of methoxy groups -OCH3 is 2. The molecule has 106 valence electrons. The second kappa shape index (κ2) is 5.36. The average molecular weight is 275 g/mol. The molecule has 5 nitrogen and oxygen atoms in total. The minimum absolute atomic E-state index is 0.144. The lowest BCUT2D eigenvalue weighted by molar-refractivity contribution is 0.0699. The normalized spacial score (nSPS) is 10.8. The van der Waals surface area contributed by atoms with E-state index < -0.39 is 5.97 Å². The SMILES string of the molecule is COc1cc2nc(C(C)C)cc(C(=O)O)c2cc1OC. The fourth-order valence-electron chi connectivity index (χ4n) is 2.05. The van der Waals surface area contributed by atoms with Gasteiger partial charge in [-0.3, -0.25) is 4.98 Å². The Kier molecular flexibility index (Phi) is 3.79. The number of ether oxygens (including phenoxy) is 2. The maximum Gasteiger partial charge on any atom is 0.336 e. The van der Waals surface area contributed by atoms with Crippen molar-refractivity contribution in [3.05, 3.63) is 29.5 Å². The largest absolute Gasteiger partial charge is 0.493 e. The number of nitrogens with zero attached hydrogens (tertiary/aromatic N) is 1. The number of aromatic carboxylic acids is 1. The van der Waals surface area contributed by atoms with Crippen molar-refractivity contribution < 1.29 is 19.4 Å². The Labute approximate surface area is 117 Å². The summed E-state index contributed by atoms with van der Waals surface area (Å²) >= 11 is 0. The van der Waals surface area contributed by atoms with Gasteiger partial charge in [0.05, 0.1) is 25.3 Å². The van der Waals surface area contributed by atoms with Crippen LogP contribution in [-0.2, 0) is 0 Å². The third-order valence-electron chi connectivity index (χ3n) is 3.16. The molecule has 0 saturated carbocycles. The van der Waals surface area contributed by atoms with Crippen molar-refractivity contribution in [2.45, 2.75) is 19.8 Å². The van der Waals surface area contributed by atoms with Crippen LogP contribution in [0.4, 0.5) is 0 Å². The van der Waals surface area contributed by atoms with Crippen LogP contribution in [0, 0.1) is 0 Å². The summed E-state index contributed by atoms with van der Waals surface area (Å²) in [6.07, 6.45) is 0. The molecule has 5 heteroatoms. The van der Waals surface area contributed by atoms with Crippen LogP contribution in [0.25, 0.3) is 10.9 Å². The number of hydrogen-bond acceptors (Lipinski definition) is 4. The van der Waals surface area contributed by atoms with Crippen molar-refractivity contribution in [3.63, 3.8) is 0 Å². The van der Waals surface area contributed by atoms with Gasteiger partial charge in [0.2, 0.25) is 0 Å². The van der Waals surface area contributed by atoms with Gasteiger partial charge in [0.25, 0.3) is 0 Å². The summed E-state index contributed by atoms with van der Waals surface area (Å²) in [6, 6.07) is 4.96. The highest BCUT2D eigenvalue weighted by Gasteiger charge is 2.16. The molecule has 0 fully saturated rings. The van der Waals surface area contributed by atoms with Crippen molar-refractivity contribution in [2.24, 2.45) is 0 Å². The van der Waals surface area contributed by atoms with Crippen LogP contribution < -0.4 is 9.47 Å². The van der Waals surface area contributed by atoms with Gasteiger partial charge in [-0.2, -0.15) is 0 Å². The van der Waals surface area contributed by atoms with Crippen LogP contribution in [0.2, 0.25) is 0 Å². The van der Waals surface area contributed by atoms with E-state index >= 15 is 0 Å². The second-order valence-corrected chi connectivity index (χ2v) is 4.78. The molecule has 2 rings (SSSR count). The first kappa shape index (κ1) is 14.1. The highest BCUT2D eigenvalue weighted by Crippen LogP contribution is 2.34. The Morgan fingerprint density at radius 2 is 1.75 bits per heavy atom. The molecular formula is C15H17NO4. The van der Waals surface area contributed by atoms with E-state index in [0.29, 0.717) is 22.4 Å². The van der Waals surface area contributed by atoms with Gasteiger partial charge in [0.1, 0.15) is 0 Å². The summed E-state index contributed by atoms with van der Waals surface area (Å²) in [7, 11) is 3.05. The Morgan fingerprint density at radius 3 is 2.25 bits per heavy atom. The summed E-state index contributed by atoms with van der Waals surface area (Å²) in [5.74, 6) is 0.184. The molecule has 0 bridgehead atoms. The molecule has 0 aliphatic rings. The molecule has 0 unspecified atom stereocenters. The van der Waals surface area contributed by atoms with Gasteiger partial charge in [0, 0.05) is 17.1 Å². The van der Waals surface area contributed by atoms with Crippen LogP contribution in [0.3, 0.4) is 0 Å². The lowest BCUT2D eigenvalue weighted by Crippen LogP contribution is -2.04. The van der Waals surface area contributed by atoms with E-state index in [1.165, 1.54) is 14.2 Å². The topological polar surface area (TPSA) is 68.7 Å². The standard InChI is InChI=1S/C15H17NO4/c1-8(2)11-5-10(15(17)18)9-6-13(19-3)14(20-4)7-12(9)16-11/h5-8H,1-4H3,(H,17,18). The van der Waals surface area contributed by atoms with Gasteiger partial charge in [0.15, 0.2) is 11.5 Å². The number of rotatable bonds is 4. The zero-order chi connectivity index (χ0) is 14.9. The van der Waals surface area contributed by atoms with Crippen molar-refractivity contribution in [3.8, 4) is 11.5 Å². The molecule has 1 aromatic heterocycles. The fraction of sp³-hybridized carbons (Fsp3) is 0.333. The molecule has 1 aromatic carbocycles. The van der Waals surface area contributed by atoms with Gasteiger partial charge in [-0.1, -0.05) is 13.8 Å². The molecule has 2 aromatic rings.